The maximum atomic E-state index is 5.27. The second-order valence-electron chi connectivity index (χ2n) is 2.72. The molecule has 0 aromatic heterocycles. The third-order valence-corrected chi connectivity index (χ3v) is 2.57. The van der Waals surface area contributed by atoms with Gasteiger partial charge < -0.3 is 9.64 Å². The molecule has 1 rings (SSSR count). The largest absolute Gasteiger partial charge is 0.378 e. The third-order valence-electron chi connectivity index (χ3n) is 1.82. The fourth-order valence-corrected chi connectivity index (χ4v) is 1.84. The molecule has 0 N–H and O–H groups in total. The van der Waals surface area contributed by atoms with Crippen LogP contribution in [0.25, 0.3) is 0 Å². The molecule has 14 heavy (non-hydrogen) atoms. The molecule has 0 bridgehead atoms. The second-order valence-corrected chi connectivity index (χ2v) is 3.49. The van der Waals surface area contributed by atoms with Crippen LogP contribution in [-0.4, -0.2) is 49.2 Å². The molecule has 1 fully saturated rings. The molecular formula is C9H17IN2OS. The van der Waals surface area contributed by atoms with Crippen LogP contribution in [0.2, 0.25) is 0 Å². The molecular weight excluding hydrogens is 311 g/mol. The van der Waals surface area contributed by atoms with E-state index in [0.717, 1.165) is 31.5 Å². The maximum Gasteiger partial charge on any atom is 0.159 e. The molecule has 5 heteroatoms. The number of ether oxygens (including phenoxy) is 1. The van der Waals surface area contributed by atoms with E-state index in [2.05, 4.69) is 22.7 Å². The molecule has 0 aromatic carbocycles. The number of thioether (sulfide) groups is 1. The van der Waals surface area contributed by atoms with Gasteiger partial charge in [-0.25, -0.2) is 0 Å². The summed E-state index contributed by atoms with van der Waals surface area (Å²) >= 11 is 1.69. The van der Waals surface area contributed by atoms with Crippen molar-refractivity contribution in [2.75, 3.05) is 39.1 Å². The van der Waals surface area contributed by atoms with Crippen LogP contribution >= 0.6 is 35.7 Å². The summed E-state index contributed by atoms with van der Waals surface area (Å²) in [4.78, 5) is 6.68. The zero-order valence-electron chi connectivity index (χ0n) is 8.44. The Labute approximate surface area is 107 Å². The van der Waals surface area contributed by atoms with Crippen LogP contribution in [0, 0.1) is 0 Å². The average Bonchev–Trinajstić information content (AvgIpc) is 2.21. The van der Waals surface area contributed by atoms with Gasteiger partial charge in [0.2, 0.25) is 0 Å². The molecule has 0 saturated carbocycles. The van der Waals surface area contributed by atoms with E-state index >= 15 is 0 Å². The van der Waals surface area contributed by atoms with Crippen molar-refractivity contribution in [2.45, 2.75) is 0 Å². The van der Waals surface area contributed by atoms with Crippen LogP contribution in [-0.2, 0) is 4.74 Å². The van der Waals surface area contributed by atoms with E-state index in [1.807, 2.05) is 6.08 Å². The van der Waals surface area contributed by atoms with Crippen molar-refractivity contribution in [3.05, 3.63) is 12.7 Å². The Morgan fingerprint density at radius 2 is 2.21 bits per heavy atom. The van der Waals surface area contributed by atoms with Gasteiger partial charge in [0.15, 0.2) is 5.17 Å². The summed E-state index contributed by atoms with van der Waals surface area (Å²) in [5.74, 6) is 0. The fourth-order valence-electron chi connectivity index (χ4n) is 1.19. The first-order valence-corrected chi connectivity index (χ1v) is 5.63. The van der Waals surface area contributed by atoms with Crippen molar-refractivity contribution in [3.63, 3.8) is 0 Å². The molecule has 3 nitrogen and oxygen atoms in total. The molecule has 0 amide bonds. The minimum atomic E-state index is 0. The van der Waals surface area contributed by atoms with Gasteiger partial charge in [-0.1, -0.05) is 17.8 Å². The zero-order chi connectivity index (χ0) is 9.52. The predicted octanol–water partition coefficient (Wildman–Crippen LogP) is 1.84. The lowest BCUT2D eigenvalue weighted by molar-refractivity contribution is 0.0693. The molecule has 1 aliphatic heterocycles. The molecule has 1 aliphatic rings. The number of hydrogen-bond acceptors (Lipinski definition) is 3. The summed E-state index contributed by atoms with van der Waals surface area (Å²) in [6.07, 6.45) is 3.87. The lowest BCUT2D eigenvalue weighted by Crippen LogP contribution is -2.39. The Bertz CT molecular complexity index is 193. The van der Waals surface area contributed by atoms with Crippen molar-refractivity contribution in [1.82, 2.24) is 4.90 Å². The second kappa shape index (κ2) is 8.55. The maximum absolute atomic E-state index is 5.27. The van der Waals surface area contributed by atoms with Gasteiger partial charge >= 0.3 is 0 Å². The summed E-state index contributed by atoms with van der Waals surface area (Å²) in [6.45, 7) is 7.89. The molecule has 0 aliphatic carbocycles. The summed E-state index contributed by atoms with van der Waals surface area (Å²) in [6, 6.07) is 0. The molecule has 0 spiro atoms. The first kappa shape index (κ1) is 14.2. The van der Waals surface area contributed by atoms with Gasteiger partial charge in [0.25, 0.3) is 0 Å². The monoisotopic (exact) mass is 328 g/mol. The summed E-state index contributed by atoms with van der Waals surface area (Å²) < 4.78 is 5.27. The molecule has 0 unspecified atom stereocenters. The first-order chi connectivity index (χ1) is 6.38. The normalized spacial score (nSPS) is 17.5. The molecule has 82 valence electrons. The Hall–Kier alpha value is 0.250. The number of amidine groups is 1. The number of halogens is 1. The van der Waals surface area contributed by atoms with Crippen molar-refractivity contribution in [3.8, 4) is 0 Å². The number of nitrogens with zero attached hydrogens (tertiary/aromatic N) is 2. The quantitative estimate of drug-likeness (QED) is 0.335. The lowest BCUT2D eigenvalue weighted by atomic mass is 10.5. The van der Waals surface area contributed by atoms with Gasteiger partial charge in [0.1, 0.15) is 0 Å². The first-order valence-electron chi connectivity index (χ1n) is 4.40. The number of rotatable bonds is 2. The SMILES string of the molecule is C=CCN=C(SC)N1CCOCC1.I. The van der Waals surface area contributed by atoms with Gasteiger partial charge in [-0.05, 0) is 6.26 Å². The van der Waals surface area contributed by atoms with E-state index in [1.54, 1.807) is 11.8 Å². The van der Waals surface area contributed by atoms with Crippen LogP contribution < -0.4 is 0 Å². The predicted molar refractivity (Wildman–Crippen MR) is 73.8 cm³/mol. The average molecular weight is 328 g/mol. The highest BCUT2D eigenvalue weighted by Crippen LogP contribution is 2.07. The zero-order valence-corrected chi connectivity index (χ0v) is 11.6. The van der Waals surface area contributed by atoms with Crippen LogP contribution in [0.5, 0.6) is 0 Å². The highest BCUT2D eigenvalue weighted by molar-refractivity contribution is 14.0. The van der Waals surface area contributed by atoms with E-state index in [0.29, 0.717) is 6.54 Å². The molecule has 0 atom stereocenters. The van der Waals surface area contributed by atoms with E-state index < -0.39 is 0 Å². The molecule has 0 aromatic rings. The highest BCUT2D eigenvalue weighted by atomic mass is 127. The third kappa shape index (κ3) is 4.65. The van der Waals surface area contributed by atoms with Crippen molar-refractivity contribution >= 4 is 40.9 Å². The minimum absolute atomic E-state index is 0. The number of morpholine rings is 1. The van der Waals surface area contributed by atoms with Crippen LogP contribution in [0.4, 0.5) is 0 Å². The molecule has 0 radical (unpaired) electrons. The standard InChI is InChI=1S/C9H16N2OS.HI/c1-3-4-10-9(13-2)11-5-7-12-8-6-11;/h3H,1,4-8H2,2H3;1H. The lowest BCUT2D eigenvalue weighted by Gasteiger charge is -2.28. The van der Waals surface area contributed by atoms with Gasteiger partial charge in [-0.3, -0.25) is 4.99 Å². The Morgan fingerprint density at radius 1 is 1.57 bits per heavy atom. The number of hydrogen-bond donors (Lipinski definition) is 0. The van der Waals surface area contributed by atoms with Gasteiger partial charge in [-0.15, -0.1) is 30.6 Å². The minimum Gasteiger partial charge on any atom is -0.378 e. The Kier molecular flexibility index (Phi) is 8.70. The van der Waals surface area contributed by atoms with E-state index in [1.165, 1.54) is 0 Å². The molecule has 1 saturated heterocycles. The number of aliphatic imine (C=N–C) groups is 1. The van der Waals surface area contributed by atoms with E-state index in [-0.39, 0.29) is 24.0 Å². The van der Waals surface area contributed by atoms with Crippen LogP contribution in [0.1, 0.15) is 0 Å². The van der Waals surface area contributed by atoms with Crippen LogP contribution in [0.15, 0.2) is 17.6 Å². The van der Waals surface area contributed by atoms with Gasteiger partial charge in [0.05, 0.1) is 19.8 Å². The van der Waals surface area contributed by atoms with Crippen molar-refractivity contribution < 1.29 is 4.74 Å². The van der Waals surface area contributed by atoms with Crippen molar-refractivity contribution in [1.29, 1.82) is 0 Å². The van der Waals surface area contributed by atoms with Gasteiger partial charge in [0, 0.05) is 13.1 Å². The summed E-state index contributed by atoms with van der Waals surface area (Å²) in [7, 11) is 0. The smallest absolute Gasteiger partial charge is 0.159 e. The van der Waals surface area contributed by atoms with Crippen LogP contribution in [0.3, 0.4) is 0 Å². The summed E-state index contributed by atoms with van der Waals surface area (Å²) in [5, 5.41) is 1.10. The Morgan fingerprint density at radius 3 is 2.71 bits per heavy atom. The van der Waals surface area contributed by atoms with Gasteiger partial charge in [-0.2, -0.15) is 0 Å². The highest BCUT2D eigenvalue weighted by Gasteiger charge is 2.13. The summed E-state index contributed by atoms with van der Waals surface area (Å²) in [5.41, 5.74) is 0. The Balaban J connectivity index is 0.00000169. The van der Waals surface area contributed by atoms with Crippen molar-refractivity contribution in [2.24, 2.45) is 4.99 Å². The molecule has 1 heterocycles. The topological polar surface area (TPSA) is 24.8 Å². The van der Waals surface area contributed by atoms with E-state index in [4.69, 9.17) is 4.74 Å². The van der Waals surface area contributed by atoms with E-state index in [9.17, 15) is 0 Å². The fraction of sp³-hybridized carbons (Fsp3) is 0.667.